The molecular weight excluding hydrogens is 254 g/mol. The fourth-order valence-corrected chi connectivity index (χ4v) is 2.75. The number of halogens is 1. The number of hydrogen-bond acceptors (Lipinski definition) is 1. The van der Waals surface area contributed by atoms with Crippen LogP contribution in [0.5, 0.6) is 0 Å². The van der Waals surface area contributed by atoms with Gasteiger partial charge in [-0.1, -0.05) is 41.9 Å². The number of rotatable bonds is 0. The molecule has 0 aliphatic carbocycles. The van der Waals surface area contributed by atoms with E-state index in [1.54, 1.807) is 6.20 Å². The van der Waals surface area contributed by atoms with Crippen LogP contribution in [0.4, 0.5) is 0 Å². The molecule has 1 heterocycles. The van der Waals surface area contributed by atoms with Crippen molar-refractivity contribution >= 4 is 44.0 Å². The molecule has 2 heteroatoms. The summed E-state index contributed by atoms with van der Waals surface area (Å²) < 4.78 is 0. The fourth-order valence-electron chi connectivity index (χ4n) is 2.60. The van der Waals surface area contributed by atoms with Crippen molar-refractivity contribution in [3.8, 4) is 0 Å². The van der Waals surface area contributed by atoms with Crippen LogP contribution in [-0.2, 0) is 0 Å². The number of benzene rings is 3. The van der Waals surface area contributed by atoms with E-state index in [-0.39, 0.29) is 0 Å². The molecule has 4 aromatic rings. The number of nitrogens with zero attached hydrogens (tertiary/aromatic N) is 1. The van der Waals surface area contributed by atoms with E-state index >= 15 is 0 Å². The average molecular weight is 264 g/mol. The highest BCUT2D eigenvalue weighted by atomic mass is 35.5. The van der Waals surface area contributed by atoms with Crippen LogP contribution in [-0.4, -0.2) is 4.98 Å². The normalized spacial score (nSPS) is 11.4. The van der Waals surface area contributed by atoms with Crippen LogP contribution in [0.15, 0.2) is 60.8 Å². The predicted molar refractivity (Wildman–Crippen MR) is 81.8 cm³/mol. The van der Waals surface area contributed by atoms with Crippen LogP contribution in [0.25, 0.3) is 32.4 Å². The number of aromatic nitrogens is 1. The lowest BCUT2D eigenvalue weighted by atomic mass is 10.0. The summed E-state index contributed by atoms with van der Waals surface area (Å²) in [6.45, 7) is 0. The van der Waals surface area contributed by atoms with Gasteiger partial charge < -0.3 is 0 Å². The summed E-state index contributed by atoms with van der Waals surface area (Å²) in [6, 6.07) is 19.0. The molecular formula is C17H10ClN. The second-order valence-corrected chi connectivity index (χ2v) is 5.14. The van der Waals surface area contributed by atoms with E-state index in [2.05, 4.69) is 47.4 Å². The number of fused-ring (bicyclic) bond motifs is 4. The molecule has 0 atom stereocenters. The largest absolute Gasteiger partial charge is 0.255 e. The van der Waals surface area contributed by atoms with Gasteiger partial charge in [-0.2, -0.15) is 0 Å². The second kappa shape index (κ2) is 3.94. The minimum Gasteiger partial charge on any atom is -0.255 e. The van der Waals surface area contributed by atoms with Crippen LogP contribution in [0.1, 0.15) is 0 Å². The maximum Gasteiger partial charge on any atom is 0.0709 e. The molecule has 3 aromatic carbocycles. The third kappa shape index (κ3) is 1.66. The van der Waals surface area contributed by atoms with Crippen molar-refractivity contribution in [1.82, 2.24) is 4.98 Å². The van der Waals surface area contributed by atoms with Gasteiger partial charge in [-0.15, -0.1) is 0 Å². The van der Waals surface area contributed by atoms with Crippen molar-refractivity contribution in [2.45, 2.75) is 0 Å². The van der Waals surface area contributed by atoms with Crippen LogP contribution in [0, 0.1) is 0 Å². The molecule has 0 radical (unpaired) electrons. The summed E-state index contributed by atoms with van der Waals surface area (Å²) in [5.74, 6) is 0. The highest BCUT2D eigenvalue weighted by molar-refractivity contribution is 6.31. The van der Waals surface area contributed by atoms with E-state index in [4.69, 9.17) is 11.6 Å². The molecule has 4 rings (SSSR count). The number of pyridine rings is 1. The minimum atomic E-state index is 0.674. The summed E-state index contributed by atoms with van der Waals surface area (Å²) in [5, 5.41) is 6.69. The van der Waals surface area contributed by atoms with E-state index in [0.717, 1.165) is 10.9 Å². The molecule has 0 fully saturated rings. The molecule has 90 valence electrons. The summed E-state index contributed by atoms with van der Waals surface area (Å²) in [7, 11) is 0. The molecule has 0 amide bonds. The first kappa shape index (κ1) is 10.8. The summed E-state index contributed by atoms with van der Waals surface area (Å²) in [4.78, 5) is 4.38. The molecule has 0 saturated heterocycles. The van der Waals surface area contributed by atoms with Crippen molar-refractivity contribution in [2.75, 3.05) is 0 Å². The Kier molecular flexibility index (Phi) is 2.23. The van der Waals surface area contributed by atoms with Gasteiger partial charge >= 0.3 is 0 Å². The lowest BCUT2D eigenvalue weighted by Crippen LogP contribution is -1.82. The van der Waals surface area contributed by atoms with E-state index < -0.39 is 0 Å². The van der Waals surface area contributed by atoms with E-state index in [1.807, 2.05) is 12.1 Å². The minimum absolute atomic E-state index is 0.674. The van der Waals surface area contributed by atoms with Crippen LogP contribution in [0.2, 0.25) is 5.02 Å². The molecule has 19 heavy (non-hydrogen) atoms. The van der Waals surface area contributed by atoms with Gasteiger partial charge in [-0.3, -0.25) is 4.98 Å². The Labute approximate surface area is 115 Å². The van der Waals surface area contributed by atoms with Crippen LogP contribution >= 0.6 is 11.6 Å². The molecule has 0 N–H and O–H groups in total. The van der Waals surface area contributed by atoms with Crippen LogP contribution in [0.3, 0.4) is 0 Å². The van der Waals surface area contributed by atoms with E-state index in [9.17, 15) is 0 Å². The van der Waals surface area contributed by atoms with Crippen molar-refractivity contribution in [2.24, 2.45) is 0 Å². The quantitative estimate of drug-likeness (QED) is 0.314. The smallest absolute Gasteiger partial charge is 0.0709 e. The molecule has 0 spiro atoms. The van der Waals surface area contributed by atoms with Gasteiger partial charge in [-0.25, -0.2) is 0 Å². The molecule has 0 bridgehead atoms. The second-order valence-electron chi connectivity index (χ2n) is 4.71. The standard InChI is InChI=1S/C17H10ClN/c18-14-9-16-15-8-12-4-2-1-3-11(12)7-13(15)5-6-17(16)19-10-14/h1-10H. The van der Waals surface area contributed by atoms with Gasteiger partial charge in [0, 0.05) is 11.6 Å². The zero-order chi connectivity index (χ0) is 12.8. The molecule has 1 aromatic heterocycles. The molecule has 0 unspecified atom stereocenters. The highest BCUT2D eigenvalue weighted by Gasteiger charge is 2.04. The highest BCUT2D eigenvalue weighted by Crippen LogP contribution is 2.29. The number of hydrogen-bond donors (Lipinski definition) is 0. The Morgan fingerprint density at radius 2 is 1.53 bits per heavy atom. The van der Waals surface area contributed by atoms with Gasteiger partial charge in [0.1, 0.15) is 0 Å². The summed E-state index contributed by atoms with van der Waals surface area (Å²) >= 11 is 6.07. The van der Waals surface area contributed by atoms with E-state index in [1.165, 1.54) is 21.5 Å². The molecule has 0 aliphatic heterocycles. The summed E-state index contributed by atoms with van der Waals surface area (Å²) in [6.07, 6.45) is 1.69. The molecule has 0 aliphatic rings. The van der Waals surface area contributed by atoms with Crippen molar-refractivity contribution < 1.29 is 0 Å². The van der Waals surface area contributed by atoms with Gasteiger partial charge in [-0.05, 0) is 45.8 Å². The molecule has 0 saturated carbocycles. The lowest BCUT2D eigenvalue weighted by Gasteiger charge is -2.06. The Bertz CT molecular complexity index is 928. The Morgan fingerprint density at radius 1 is 0.737 bits per heavy atom. The summed E-state index contributed by atoms with van der Waals surface area (Å²) in [5.41, 5.74) is 0.979. The Balaban J connectivity index is 2.25. The fraction of sp³-hybridized carbons (Fsp3) is 0. The van der Waals surface area contributed by atoms with Crippen molar-refractivity contribution in [1.29, 1.82) is 0 Å². The van der Waals surface area contributed by atoms with Crippen LogP contribution < -0.4 is 0 Å². The third-order valence-corrected chi connectivity index (χ3v) is 3.72. The zero-order valence-corrected chi connectivity index (χ0v) is 10.9. The van der Waals surface area contributed by atoms with Gasteiger partial charge in [0.05, 0.1) is 10.5 Å². The van der Waals surface area contributed by atoms with Gasteiger partial charge in [0.15, 0.2) is 0 Å². The van der Waals surface area contributed by atoms with E-state index in [0.29, 0.717) is 5.02 Å². The topological polar surface area (TPSA) is 12.9 Å². The van der Waals surface area contributed by atoms with Crippen molar-refractivity contribution in [3.05, 3.63) is 65.8 Å². The lowest BCUT2D eigenvalue weighted by molar-refractivity contribution is 1.42. The monoisotopic (exact) mass is 263 g/mol. The first-order valence-corrected chi connectivity index (χ1v) is 6.56. The Hall–Kier alpha value is -2.12. The van der Waals surface area contributed by atoms with Gasteiger partial charge in [0.2, 0.25) is 0 Å². The first-order valence-electron chi connectivity index (χ1n) is 6.18. The zero-order valence-electron chi connectivity index (χ0n) is 10.1. The first-order chi connectivity index (χ1) is 9.31. The predicted octanol–water partition coefficient (Wildman–Crippen LogP) is 5.19. The third-order valence-electron chi connectivity index (χ3n) is 3.51. The molecule has 1 nitrogen and oxygen atoms in total. The SMILES string of the molecule is Clc1cnc2ccc3cc4ccccc4cc3c2c1. The average Bonchev–Trinajstić information content (AvgIpc) is 2.45. The van der Waals surface area contributed by atoms with Crippen molar-refractivity contribution in [3.63, 3.8) is 0 Å². The maximum atomic E-state index is 6.07. The van der Waals surface area contributed by atoms with Gasteiger partial charge in [0.25, 0.3) is 0 Å². The maximum absolute atomic E-state index is 6.07. The Morgan fingerprint density at radius 3 is 2.37 bits per heavy atom.